The molecule has 5 nitrogen and oxygen atoms in total. The number of nitrogens with one attached hydrogen (secondary N) is 1. The van der Waals surface area contributed by atoms with E-state index in [9.17, 15) is 4.79 Å². The first kappa shape index (κ1) is 20.4. The fourth-order valence-corrected chi connectivity index (χ4v) is 3.53. The maximum Gasteiger partial charge on any atom is 0.263 e. The van der Waals surface area contributed by atoms with Crippen molar-refractivity contribution in [2.24, 2.45) is 0 Å². The Labute approximate surface area is 174 Å². The Balaban J connectivity index is 1.33. The van der Waals surface area contributed by atoms with Crippen molar-refractivity contribution in [3.05, 3.63) is 64.6 Å². The fourth-order valence-electron chi connectivity index (χ4n) is 2.48. The lowest BCUT2D eigenvalue weighted by Gasteiger charge is -2.10. The lowest BCUT2D eigenvalue weighted by Crippen LogP contribution is -2.17. The lowest BCUT2D eigenvalue weighted by atomic mass is 10.2. The van der Waals surface area contributed by atoms with Gasteiger partial charge in [-0.3, -0.25) is 4.79 Å². The molecule has 1 aliphatic heterocycles. The van der Waals surface area contributed by atoms with Gasteiger partial charge < -0.3 is 19.5 Å². The summed E-state index contributed by atoms with van der Waals surface area (Å²) in [6, 6.07) is 15.4. The molecule has 0 spiro atoms. The van der Waals surface area contributed by atoms with Crippen LogP contribution in [-0.4, -0.2) is 36.7 Å². The van der Waals surface area contributed by atoms with Gasteiger partial charge in [0, 0.05) is 0 Å². The number of ether oxygens (including phenoxy) is 3. The molecular weight excluding hydrogens is 394 g/mol. The lowest BCUT2D eigenvalue weighted by molar-refractivity contribution is -0.115. The molecule has 1 saturated heterocycles. The van der Waals surface area contributed by atoms with Gasteiger partial charge in [-0.25, -0.2) is 0 Å². The third-order valence-corrected chi connectivity index (χ3v) is 5.06. The average Bonchev–Trinajstić information content (AvgIpc) is 3.00. The van der Waals surface area contributed by atoms with Crippen molar-refractivity contribution in [1.29, 1.82) is 0 Å². The second-order valence-electron chi connectivity index (χ2n) is 6.00. The van der Waals surface area contributed by atoms with E-state index in [1.165, 1.54) is 11.8 Å². The molecule has 146 valence electrons. The molecule has 0 bridgehead atoms. The minimum absolute atomic E-state index is 0.154. The van der Waals surface area contributed by atoms with Gasteiger partial charge in [0.1, 0.15) is 29.0 Å². The first-order chi connectivity index (χ1) is 13.6. The molecule has 1 aliphatic rings. The van der Waals surface area contributed by atoms with E-state index in [2.05, 4.69) is 5.32 Å². The molecule has 0 aromatic heterocycles. The number of thioether (sulfide) groups is 1. The molecule has 2 aromatic carbocycles. The minimum atomic E-state index is -0.154. The number of benzene rings is 2. The fraction of sp³-hybridized carbons (Fsp3) is 0.238. The van der Waals surface area contributed by atoms with E-state index in [4.69, 9.17) is 26.4 Å². The zero-order valence-electron chi connectivity index (χ0n) is 15.5. The molecule has 0 aliphatic carbocycles. The van der Waals surface area contributed by atoms with E-state index in [1.807, 2.05) is 55.5 Å². The molecule has 0 radical (unpaired) electrons. The number of hydrogen-bond acceptors (Lipinski definition) is 6. The van der Waals surface area contributed by atoms with Crippen molar-refractivity contribution in [2.45, 2.75) is 6.92 Å². The highest BCUT2D eigenvalue weighted by Gasteiger charge is 2.21. The highest BCUT2D eigenvalue weighted by Crippen LogP contribution is 2.26. The van der Waals surface area contributed by atoms with Crippen LogP contribution in [0.3, 0.4) is 0 Å². The molecule has 0 saturated carbocycles. The molecule has 0 atom stereocenters. The summed E-state index contributed by atoms with van der Waals surface area (Å²) in [5.41, 5.74) is 2.03. The number of carbonyl (C=O) groups is 1. The van der Waals surface area contributed by atoms with Crippen LogP contribution in [0.25, 0.3) is 6.08 Å². The molecule has 0 unspecified atom stereocenters. The van der Waals surface area contributed by atoms with Crippen molar-refractivity contribution >= 4 is 40.3 Å². The van der Waals surface area contributed by atoms with Gasteiger partial charge in [0.2, 0.25) is 0 Å². The average molecular weight is 416 g/mol. The van der Waals surface area contributed by atoms with Gasteiger partial charge in [-0.1, -0.05) is 54.3 Å². The third kappa shape index (κ3) is 6.09. The Morgan fingerprint density at radius 2 is 1.71 bits per heavy atom. The molecule has 3 rings (SSSR count). The first-order valence-corrected chi connectivity index (χ1v) is 10.1. The Morgan fingerprint density at radius 3 is 2.39 bits per heavy atom. The largest absolute Gasteiger partial charge is 0.491 e. The van der Waals surface area contributed by atoms with Crippen molar-refractivity contribution in [2.75, 3.05) is 26.4 Å². The summed E-state index contributed by atoms with van der Waals surface area (Å²) < 4.78 is 17.4. The highest BCUT2D eigenvalue weighted by atomic mass is 32.2. The van der Waals surface area contributed by atoms with Gasteiger partial charge in [0.25, 0.3) is 5.91 Å². The Bertz CT molecular complexity index is 865. The van der Waals surface area contributed by atoms with Gasteiger partial charge >= 0.3 is 0 Å². The number of carbonyl (C=O) groups excluding carboxylic acids is 1. The van der Waals surface area contributed by atoms with Gasteiger partial charge in [-0.15, -0.1) is 0 Å². The summed E-state index contributed by atoms with van der Waals surface area (Å²) in [7, 11) is 0. The summed E-state index contributed by atoms with van der Waals surface area (Å²) in [5, 5.41) is 2.60. The van der Waals surface area contributed by atoms with Gasteiger partial charge in [0.15, 0.2) is 0 Å². The van der Waals surface area contributed by atoms with Crippen molar-refractivity contribution in [3.63, 3.8) is 0 Å². The van der Waals surface area contributed by atoms with Crippen LogP contribution < -0.4 is 14.8 Å². The van der Waals surface area contributed by atoms with E-state index < -0.39 is 0 Å². The molecule has 1 fully saturated rings. The minimum Gasteiger partial charge on any atom is -0.491 e. The second-order valence-corrected chi connectivity index (χ2v) is 7.71. The topological polar surface area (TPSA) is 56.8 Å². The summed E-state index contributed by atoms with van der Waals surface area (Å²) in [6.45, 7) is 3.96. The summed E-state index contributed by atoms with van der Waals surface area (Å²) in [5.74, 6) is 1.48. The Kier molecular flexibility index (Phi) is 7.47. The van der Waals surface area contributed by atoms with Gasteiger partial charge in [-0.2, -0.15) is 0 Å². The maximum absolute atomic E-state index is 11.7. The van der Waals surface area contributed by atoms with Crippen molar-refractivity contribution < 1.29 is 19.0 Å². The zero-order valence-corrected chi connectivity index (χ0v) is 17.1. The molecule has 1 N–H and O–H groups in total. The smallest absolute Gasteiger partial charge is 0.263 e. The highest BCUT2D eigenvalue weighted by molar-refractivity contribution is 8.26. The number of amides is 1. The second kappa shape index (κ2) is 10.3. The molecule has 7 heteroatoms. The standard InChI is InChI=1S/C21H21NO4S2/c1-15-4-2-3-5-18(15)26-13-11-24-10-12-25-17-8-6-16(7-9-17)14-19-20(23)22-21(27)28-19/h2-9,14H,10-13H2,1H3,(H,22,23,27)/b19-14-. The molecule has 2 aromatic rings. The van der Waals surface area contributed by atoms with E-state index in [-0.39, 0.29) is 5.91 Å². The number of para-hydroxylation sites is 1. The number of hydrogen-bond donors (Lipinski definition) is 1. The third-order valence-electron chi connectivity index (χ3n) is 3.90. The van der Waals surface area contributed by atoms with Crippen LogP contribution in [-0.2, 0) is 9.53 Å². The predicted octanol–water partition coefficient (Wildman–Crippen LogP) is 3.96. The van der Waals surface area contributed by atoms with E-state index in [0.717, 1.165) is 22.6 Å². The Hall–Kier alpha value is -2.35. The molecule has 1 heterocycles. The maximum atomic E-state index is 11.7. The number of thiocarbonyl (C=S) groups is 1. The number of rotatable bonds is 9. The monoisotopic (exact) mass is 415 g/mol. The first-order valence-electron chi connectivity index (χ1n) is 8.86. The van der Waals surface area contributed by atoms with Crippen LogP contribution in [0, 0.1) is 6.92 Å². The van der Waals surface area contributed by atoms with Crippen LogP contribution >= 0.6 is 24.0 Å². The van der Waals surface area contributed by atoms with Crippen molar-refractivity contribution in [3.8, 4) is 11.5 Å². The van der Waals surface area contributed by atoms with E-state index >= 15 is 0 Å². The number of aryl methyl sites for hydroxylation is 1. The predicted molar refractivity (Wildman–Crippen MR) is 116 cm³/mol. The SMILES string of the molecule is Cc1ccccc1OCCOCCOc1ccc(/C=C2\SC(=S)NC2=O)cc1. The van der Waals surface area contributed by atoms with Crippen LogP contribution in [0.5, 0.6) is 11.5 Å². The summed E-state index contributed by atoms with van der Waals surface area (Å²) in [6.07, 6.45) is 1.81. The van der Waals surface area contributed by atoms with Crippen molar-refractivity contribution in [1.82, 2.24) is 5.32 Å². The quantitative estimate of drug-likeness (QED) is 0.380. The van der Waals surface area contributed by atoms with E-state index in [1.54, 1.807) is 6.08 Å². The summed E-state index contributed by atoms with van der Waals surface area (Å²) in [4.78, 5) is 12.3. The van der Waals surface area contributed by atoms with Crippen LogP contribution in [0.15, 0.2) is 53.4 Å². The summed E-state index contributed by atoms with van der Waals surface area (Å²) >= 11 is 6.25. The molecule has 1 amide bonds. The van der Waals surface area contributed by atoms with Crippen LogP contribution in [0.1, 0.15) is 11.1 Å². The van der Waals surface area contributed by atoms with Crippen LogP contribution in [0.2, 0.25) is 0 Å². The van der Waals surface area contributed by atoms with Gasteiger partial charge in [-0.05, 0) is 42.3 Å². The van der Waals surface area contributed by atoms with Crippen LogP contribution in [0.4, 0.5) is 0 Å². The Morgan fingerprint density at radius 1 is 1.00 bits per heavy atom. The van der Waals surface area contributed by atoms with E-state index in [0.29, 0.717) is 35.7 Å². The zero-order chi connectivity index (χ0) is 19.8. The molecular formula is C21H21NO4S2. The normalized spacial score (nSPS) is 15.0. The van der Waals surface area contributed by atoms with Gasteiger partial charge in [0.05, 0.1) is 18.1 Å². The molecule has 28 heavy (non-hydrogen) atoms.